The molecule has 1 unspecified atom stereocenters. The van der Waals surface area contributed by atoms with Crippen LogP contribution in [-0.4, -0.2) is 13.7 Å². The number of ether oxygens (including phenoxy) is 1. The Morgan fingerprint density at radius 3 is 2.21 bits per heavy atom. The summed E-state index contributed by atoms with van der Waals surface area (Å²) in [6.45, 7) is 0.855. The Bertz CT molecular complexity index is 1220. The lowest BCUT2D eigenvalue weighted by molar-refractivity contribution is -0.671. The highest BCUT2D eigenvalue weighted by molar-refractivity contribution is 5.64. The molecule has 3 nitrogen and oxygen atoms in total. The van der Waals surface area contributed by atoms with Crippen molar-refractivity contribution in [2.75, 3.05) is 18.6 Å². The third-order valence-corrected chi connectivity index (χ3v) is 6.27. The number of aromatic nitrogens is 1. The van der Waals surface area contributed by atoms with Gasteiger partial charge in [0.1, 0.15) is 18.6 Å². The van der Waals surface area contributed by atoms with E-state index in [0.29, 0.717) is 0 Å². The minimum absolute atomic E-state index is 0. The Kier molecular flexibility index (Phi) is 6.98. The first-order valence-corrected chi connectivity index (χ1v) is 10.9. The minimum Gasteiger partial charge on any atom is -1.00 e. The quantitative estimate of drug-likeness (QED) is 0.286. The zero-order valence-electron chi connectivity index (χ0n) is 18.7. The Morgan fingerprint density at radius 1 is 0.879 bits per heavy atom. The zero-order chi connectivity index (χ0) is 22.1. The number of aryl methyl sites for hydroxylation is 1. The highest BCUT2D eigenvalue weighted by atomic mass is 127. The number of benzene rings is 3. The van der Waals surface area contributed by atoms with Gasteiger partial charge in [-0.1, -0.05) is 30.3 Å². The van der Waals surface area contributed by atoms with Gasteiger partial charge in [-0.3, -0.25) is 0 Å². The van der Waals surface area contributed by atoms with Crippen molar-refractivity contribution >= 4 is 5.69 Å². The molecule has 3 aromatic carbocycles. The van der Waals surface area contributed by atoms with Crippen molar-refractivity contribution in [2.24, 2.45) is 7.05 Å². The minimum atomic E-state index is -0.215. The first-order valence-electron chi connectivity index (χ1n) is 10.9. The van der Waals surface area contributed by atoms with Crippen molar-refractivity contribution in [1.82, 2.24) is 0 Å². The Labute approximate surface area is 211 Å². The van der Waals surface area contributed by atoms with Crippen LogP contribution in [0.25, 0.3) is 11.1 Å². The molecular formula is C28H26FIN2O. The van der Waals surface area contributed by atoms with Gasteiger partial charge in [0.2, 0.25) is 0 Å². The Hall–Kier alpha value is -2.93. The third kappa shape index (κ3) is 4.74. The lowest BCUT2D eigenvalue weighted by atomic mass is 9.87. The number of fused-ring (bicyclic) bond motifs is 1. The predicted octanol–water partition coefficient (Wildman–Crippen LogP) is 2.48. The highest BCUT2D eigenvalue weighted by Gasteiger charge is 2.29. The summed E-state index contributed by atoms with van der Waals surface area (Å²) in [5.41, 5.74) is 7.18. The number of rotatable bonds is 4. The van der Waals surface area contributed by atoms with Gasteiger partial charge >= 0.3 is 0 Å². The van der Waals surface area contributed by atoms with Crippen molar-refractivity contribution < 1.29 is 37.7 Å². The van der Waals surface area contributed by atoms with E-state index in [2.05, 4.69) is 65.8 Å². The maximum Gasteiger partial charge on any atom is 0.169 e. The van der Waals surface area contributed by atoms with Gasteiger partial charge in [0.25, 0.3) is 0 Å². The summed E-state index contributed by atoms with van der Waals surface area (Å²) in [5.74, 6) is 0.665. The summed E-state index contributed by atoms with van der Waals surface area (Å²) in [6.07, 6.45) is 5.04. The number of halogens is 2. The summed E-state index contributed by atoms with van der Waals surface area (Å²) in [7, 11) is 3.72. The number of methoxy groups -OCH3 is 1. The van der Waals surface area contributed by atoms with Crippen molar-refractivity contribution in [3.8, 4) is 16.9 Å². The van der Waals surface area contributed by atoms with E-state index in [-0.39, 0.29) is 35.8 Å². The number of hydrogen-bond acceptors (Lipinski definition) is 2. The molecule has 0 saturated heterocycles. The van der Waals surface area contributed by atoms with Crippen LogP contribution in [0.3, 0.4) is 0 Å². The lowest BCUT2D eigenvalue weighted by Gasteiger charge is -2.39. The van der Waals surface area contributed by atoms with Crippen molar-refractivity contribution in [3.05, 3.63) is 114 Å². The molecular weight excluding hydrogens is 526 g/mol. The summed E-state index contributed by atoms with van der Waals surface area (Å²) < 4.78 is 21.1. The van der Waals surface area contributed by atoms with Crippen molar-refractivity contribution in [1.29, 1.82) is 0 Å². The first kappa shape index (κ1) is 23.2. The van der Waals surface area contributed by atoms with Crippen LogP contribution in [0.4, 0.5) is 10.1 Å². The maximum atomic E-state index is 13.6. The zero-order valence-corrected chi connectivity index (χ0v) is 20.9. The topological polar surface area (TPSA) is 16.4 Å². The molecule has 0 saturated carbocycles. The fourth-order valence-corrected chi connectivity index (χ4v) is 4.55. The summed E-state index contributed by atoms with van der Waals surface area (Å²) >= 11 is 0. The van der Waals surface area contributed by atoms with Crippen LogP contribution >= 0.6 is 0 Å². The number of anilines is 1. The molecule has 1 aliphatic heterocycles. The molecule has 0 spiro atoms. The lowest BCUT2D eigenvalue weighted by Crippen LogP contribution is -3.00. The van der Waals surface area contributed by atoms with Gasteiger partial charge in [-0.15, -0.1) is 0 Å². The molecule has 5 heteroatoms. The van der Waals surface area contributed by atoms with Crippen LogP contribution in [0.2, 0.25) is 0 Å². The Balaban J connectivity index is 0.00000259. The second-order valence-electron chi connectivity index (χ2n) is 8.26. The monoisotopic (exact) mass is 552 g/mol. The van der Waals surface area contributed by atoms with Crippen LogP contribution < -0.4 is 38.2 Å². The molecule has 33 heavy (non-hydrogen) atoms. The molecule has 0 N–H and O–H groups in total. The average molecular weight is 552 g/mol. The summed E-state index contributed by atoms with van der Waals surface area (Å²) in [6, 6.07) is 26.2. The average Bonchev–Trinajstić information content (AvgIpc) is 2.84. The van der Waals surface area contributed by atoms with Gasteiger partial charge in [0.05, 0.1) is 13.2 Å². The smallest absolute Gasteiger partial charge is 0.169 e. The van der Waals surface area contributed by atoms with E-state index in [1.54, 1.807) is 7.11 Å². The van der Waals surface area contributed by atoms with Gasteiger partial charge in [-0.05, 0) is 70.6 Å². The molecule has 1 aromatic heterocycles. The highest BCUT2D eigenvalue weighted by Crippen LogP contribution is 2.40. The fraction of sp³-hybridized carbons (Fsp3) is 0.179. The van der Waals surface area contributed by atoms with Crippen LogP contribution in [0, 0.1) is 5.82 Å². The molecule has 0 amide bonds. The van der Waals surface area contributed by atoms with Crippen LogP contribution in [0.15, 0.2) is 91.3 Å². The summed E-state index contributed by atoms with van der Waals surface area (Å²) in [5, 5.41) is 0. The number of nitrogens with zero attached hydrogens (tertiary/aromatic N) is 2. The van der Waals surface area contributed by atoms with E-state index < -0.39 is 0 Å². The van der Waals surface area contributed by atoms with E-state index >= 15 is 0 Å². The molecule has 1 aliphatic rings. The van der Waals surface area contributed by atoms with E-state index in [4.69, 9.17) is 4.74 Å². The van der Waals surface area contributed by atoms with Crippen LogP contribution in [-0.2, 0) is 13.5 Å². The second kappa shape index (κ2) is 9.91. The molecule has 0 bridgehead atoms. The van der Waals surface area contributed by atoms with Gasteiger partial charge in [-0.2, -0.15) is 0 Å². The third-order valence-electron chi connectivity index (χ3n) is 6.27. The van der Waals surface area contributed by atoms with Crippen molar-refractivity contribution in [3.63, 3.8) is 0 Å². The SMILES string of the molecule is COc1ccc2c(c1)CCN(c1ccc(F)cc1)C2c1ccc(-c2cc[n+](C)cc2)cc1.[I-]. The second-order valence-corrected chi connectivity index (χ2v) is 8.26. The molecule has 168 valence electrons. The number of pyridine rings is 1. The van der Waals surface area contributed by atoms with Crippen molar-refractivity contribution in [2.45, 2.75) is 12.5 Å². The molecule has 4 aromatic rings. The Morgan fingerprint density at radius 2 is 1.55 bits per heavy atom. The molecule has 0 aliphatic carbocycles. The summed E-state index contributed by atoms with van der Waals surface area (Å²) in [4.78, 5) is 2.37. The molecule has 2 heterocycles. The van der Waals surface area contributed by atoms with Crippen LogP contribution in [0.5, 0.6) is 5.75 Å². The molecule has 0 radical (unpaired) electrons. The van der Waals surface area contributed by atoms with E-state index in [1.165, 1.54) is 39.9 Å². The van der Waals surface area contributed by atoms with Gasteiger partial charge in [0, 0.05) is 24.4 Å². The van der Waals surface area contributed by atoms with Gasteiger partial charge < -0.3 is 33.6 Å². The largest absolute Gasteiger partial charge is 1.00 e. The predicted molar refractivity (Wildman–Crippen MR) is 125 cm³/mol. The fourth-order valence-electron chi connectivity index (χ4n) is 4.55. The van der Waals surface area contributed by atoms with E-state index in [9.17, 15) is 4.39 Å². The van der Waals surface area contributed by atoms with Gasteiger partial charge in [0.15, 0.2) is 12.4 Å². The van der Waals surface area contributed by atoms with Crippen LogP contribution in [0.1, 0.15) is 22.7 Å². The number of hydrogen-bond donors (Lipinski definition) is 0. The van der Waals surface area contributed by atoms with E-state index in [1.807, 2.05) is 29.8 Å². The van der Waals surface area contributed by atoms with E-state index in [0.717, 1.165) is 24.4 Å². The first-order chi connectivity index (χ1) is 15.6. The maximum absolute atomic E-state index is 13.6. The van der Waals surface area contributed by atoms with Gasteiger partial charge in [-0.25, -0.2) is 8.96 Å². The standard InChI is InChI=1S/C28H26FN2O.HI/c1-30-16-13-21(14-17-30)20-3-5-22(6-4-20)28-27-12-11-26(32-2)19-23(27)15-18-31(28)25-9-7-24(29)8-10-25;/h3-14,16-17,19,28H,15,18H2,1-2H3;1H/q+1;/p-1. The molecule has 5 rings (SSSR count). The molecule has 0 fully saturated rings. The normalized spacial score (nSPS) is 14.9. The molecule has 1 atom stereocenters.